The molecule has 1 aliphatic rings. The third kappa shape index (κ3) is 2.12. The molecule has 0 fully saturated rings. The lowest BCUT2D eigenvalue weighted by atomic mass is 10.1. The van der Waals surface area contributed by atoms with Gasteiger partial charge in [0.1, 0.15) is 5.15 Å². The second kappa shape index (κ2) is 4.70. The minimum Gasteiger partial charge on any atom is -0.348 e. The van der Waals surface area contributed by atoms with Crippen molar-refractivity contribution in [3.05, 3.63) is 53.1 Å². The Bertz CT molecular complexity index is 605. The van der Waals surface area contributed by atoms with Crippen LogP contribution in [0.5, 0.6) is 0 Å². The van der Waals surface area contributed by atoms with Gasteiger partial charge in [-0.2, -0.15) is 0 Å². The highest BCUT2D eigenvalue weighted by molar-refractivity contribution is 6.29. The molecule has 3 heterocycles. The first-order chi connectivity index (χ1) is 9.16. The van der Waals surface area contributed by atoms with E-state index >= 15 is 0 Å². The van der Waals surface area contributed by atoms with E-state index in [1.807, 2.05) is 17.9 Å². The monoisotopic (exact) mass is 275 g/mol. The summed E-state index contributed by atoms with van der Waals surface area (Å²) < 4.78 is 2.19. The molecule has 0 unspecified atom stereocenters. The van der Waals surface area contributed by atoms with Crippen LogP contribution in [0.15, 0.2) is 36.7 Å². The van der Waals surface area contributed by atoms with Gasteiger partial charge in [0.2, 0.25) is 0 Å². The second-order valence-corrected chi connectivity index (χ2v) is 5.06. The Morgan fingerprint density at radius 2 is 2.21 bits per heavy atom. The molecule has 0 N–H and O–H groups in total. The Kier molecular flexibility index (Phi) is 3.03. The van der Waals surface area contributed by atoms with E-state index < -0.39 is 0 Å². The fourth-order valence-corrected chi connectivity index (χ4v) is 2.64. The number of hydrogen-bond acceptors (Lipinski definition) is 2. The summed E-state index contributed by atoms with van der Waals surface area (Å²) in [5.41, 5.74) is 1.75. The van der Waals surface area contributed by atoms with E-state index in [9.17, 15) is 4.79 Å². The van der Waals surface area contributed by atoms with Gasteiger partial charge in [-0.3, -0.25) is 4.79 Å². The van der Waals surface area contributed by atoms with Crippen LogP contribution in [-0.4, -0.2) is 26.9 Å². The van der Waals surface area contributed by atoms with E-state index in [2.05, 4.69) is 21.8 Å². The van der Waals surface area contributed by atoms with Crippen LogP contribution in [0.2, 0.25) is 5.15 Å². The molecular formula is C14H14ClN3O. The molecule has 0 aliphatic carbocycles. The Labute approximate surface area is 116 Å². The predicted octanol–water partition coefficient (Wildman–Crippen LogP) is 2.75. The average molecular weight is 276 g/mol. The van der Waals surface area contributed by atoms with Gasteiger partial charge in [-0.05, 0) is 31.2 Å². The van der Waals surface area contributed by atoms with Crippen molar-refractivity contribution in [3.63, 3.8) is 0 Å². The van der Waals surface area contributed by atoms with Crippen LogP contribution in [0.1, 0.15) is 29.0 Å². The van der Waals surface area contributed by atoms with E-state index in [4.69, 9.17) is 11.6 Å². The molecule has 0 saturated heterocycles. The van der Waals surface area contributed by atoms with E-state index in [-0.39, 0.29) is 11.9 Å². The van der Waals surface area contributed by atoms with Crippen LogP contribution < -0.4 is 0 Å². The number of nitrogens with zero attached hydrogens (tertiary/aromatic N) is 3. The quantitative estimate of drug-likeness (QED) is 0.751. The third-order valence-electron chi connectivity index (χ3n) is 3.58. The summed E-state index contributed by atoms with van der Waals surface area (Å²) >= 11 is 5.74. The van der Waals surface area contributed by atoms with Crippen LogP contribution in [-0.2, 0) is 6.54 Å². The molecule has 2 aromatic rings. The maximum absolute atomic E-state index is 12.5. The molecule has 1 aliphatic heterocycles. The first-order valence-corrected chi connectivity index (χ1v) is 6.62. The van der Waals surface area contributed by atoms with Crippen LogP contribution in [0.3, 0.4) is 0 Å². The largest absolute Gasteiger partial charge is 0.348 e. The summed E-state index contributed by atoms with van der Waals surface area (Å²) in [5, 5.41) is 0.400. The molecule has 19 heavy (non-hydrogen) atoms. The van der Waals surface area contributed by atoms with Gasteiger partial charge >= 0.3 is 0 Å². The lowest BCUT2D eigenvalue weighted by Crippen LogP contribution is -2.40. The molecule has 0 spiro atoms. The highest BCUT2D eigenvalue weighted by atomic mass is 35.5. The Hall–Kier alpha value is -1.81. The number of carbonyl (C=O) groups is 1. The van der Waals surface area contributed by atoms with Crippen molar-refractivity contribution < 1.29 is 4.79 Å². The van der Waals surface area contributed by atoms with Gasteiger partial charge in [0, 0.05) is 31.2 Å². The van der Waals surface area contributed by atoms with Gasteiger partial charge in [-0.15, -0.1) is 0 Å². The Morgan fingerprint density at radius 3 is 2.95 bits per heavy atom. The molecule has 3 rings (SSSR count). The lowest BCUT2D eigenvalue weighted by molar-refractivity contribution is 0.0643. The topological polar surface area (TPSA) is 38.1 Å². The number of fused-ring (bicyclic) bond motifs is 1. The van der Waals surface area contributed by atoms with Crippen molar-refractivity contribution >= 4 is 17.5 Å². The van der Waals surface area contributed by atoms with Crippen LogP contribution >= 0.6 is 11.6 Å². The summed E-state index contributed by atoms with van der Waals surface area (Å²) in [5.74, 6) is 0.00381. The zero-order valence-corrected chi connectivity index (χ0v) is 11.3. The molecule has 2 aromatic heterocycles. The van der Waals surface area contributed by atoms with Gasteiger partial charge in [0.15, 0.2) is 0 Å². The molecule has 0 saturated carbocycles. The smallest absolute Gasteiger partial charge is 0.256 e. The van der Waals surface area contributed by atoms with Crippen molar-refractivity contribution in [2.45, 2.75) is 19.5 Å². The minimum atomic E-state index is 0.00381. The predicted molar refractivity (Wildman–Crippen MR) is 73.1 cm³/mol. The number of pyridine rings is 1. The molecule has 1 amide bonds. The van der Waals surface area contributed by atoms with Crippen molar-refractivity contribution in [1.29, 1.82) is 0 Å². The van der Waals surface area contributed by atoms with E-state index in [0.717, 1.165) is 6.54 Å². The number of aromatic nitrogens is 2. The summed E-state index contributed by atoms with van der Waals surface area (Å²) in [6.07, 6.45) is 3.59. The molecule has 0 aromatic carbocycles. The standard InChI is InChI=1S/C14H14ClN3O/c1-10-12-3-2-6-17(12)7-8-18(10)14(19)11-4-5-13(15)16-9-11/h2-6,9-10H,7-8H2,1H3/t10-/m0/s1. The number of halogens is 1. The third-order valence-corrected chi connectivity index (χ3v) is 3.80. The van der Waals surface area contributed by atoms with Gasteiger partial charge in [0.05, 0.1) is 11.6 Å². The zero-order valence-electron chi connectivity index (χ0n) is 10.6. The maximum atomic E-state index is 12.5. The Morgan fingerprint density at radius 1 is 1.37 bits per heavy atom. The highest BCUT2D eigenvalue weighted by Crippen LogP contribution is 2.26. The summed E-state index contributed by atoms with van der Waals surface area (Å²) in [6, 6.07) is 7.52. The number of carbonyl (C=O) groups excluding carboxylic acids is 1. The molecular weight excluding hydrogens is 262 g/mol. The first-order valence-electron chi connectivity index (χ1n) is 6.24. The van der Waals surface area contributed by atoms with Crippen molar-refractivity contribution in [2.75, 3.05) is 6.54 Å². The minimum absolute atomic E-state index is 0.00381. The van der Waals surface area contributed by atoms with Crippen molar-refractivity contribution in [2.24, 2.45) is 0 Å². The molecule has 1 atom stereocenters. The summed E-state index contributed by atoms with van der Waals surface area (Å²) in [6.45, 7) is 3.59. The van der Waals surface area contributed by atoms with Crippen LogP contribution in [0.25, 0.3) is 0 Å². The van der Waals surface area contributed by atoms with Crippen molar-refractivity contribution in [1.82, 2.24) is 14.5 Å². The maximum Gasteiger partial charge on any atom is 0.256 e. The molecule has 0 bridgehead atoms. The lowest BCUT2D eigenvalue weighted by Gasteiger charge is -2.35. The van der Waals surface area contributed by atoms with Gasteiger partial charge in [0.25, 0.3) is 5.91 Å². The molecule has 4 nitrogen and oxygen atoms in total. The number of hydrogen-bond donors (Lipinski definition) is 0. The van der Waals surface area contributed by atoms with Crippen LogP contribution in [0.4, 0.5) is 0 Å². The average Bonchev–Trinajstić information content (AvgIpc) is 2.88. The molecule has 98 valence electrons. The number of rotatable bonds is 1. The van der Waals surface area contributed by atoms with Gasteiger partial charge < -0.3 is 9.47 Å². The molecule has 5 heteroatoms. The highest BCUT2D eigenvalue weighted by Gasteiger charge is 2.28. The first kappa shape index (κ1) is 12.2. The number of amides is 1. The summed E-state index contributed by atoms with van der Waals surface area (Å²) in [4.78, 5) is 18.3. The summed E-state index contributed by atoms with van der Waals surface area (Å²) in [7, 11) is 0. The van der Waals surface area contributed by atoms with E-state index in [1.54, 1.807) is 12.1 Å². The van der Waals surface area contributed by atoms with Gasteiger partial charge in [-0.25, -0.2) is 4.98 Å². The Balaban J connectivity index is 1.87. The fraction of sp³-hybridized carbons (Fsp3) is 0.286. The SMILES string of the molecule is C[C@H]1c2cccn2CCN1C(=O)c1ccc(Cl)nc1. The van der Waals surface area contributed by atoms with Gasteiger partial charge in [-0.1, -0.05) is 11.6 Å². The fourth-order valence-electron chi connectivity index (χ4n) is 2.52. The molecule has 0 radical (unpaired) electrons. The van der Waals surface area contributed by atoms with Crippen LogP contribution in [0, 0.1) is 0 Å². The van der Waals surface area contributed by atoms with E-state index in [0.29, 0.717) is 17.3 Å². The normalized spacial score (nSPS) is 18.2. The van der Waals surface area contributed by atoms with Crippen molar-refractivity contribution in [3.8, 4) is 0 Å². The zero-order chi connectivity index (χ0) is 13.4. The van der Waals surface area contributed by atoms with E-state index in [1.165, 1.54) is 11.9 Å². The second-order valence-electron chi connectivity index (χ2n) is 4.67.